The molecule has 0 aliphatic carbocycles. The Balaban J connectivity index is 1.51. The van der Waals surface area contributed by atoms with Crippen molar-refractivity contribution in [2.45, 2.75) is 25.4 Å². The van der Waals surface area contributed by atoms with Crippen molar-refractivity contribution in [2.24, 2.45) is 0 Å². The van der Waals surface area contributed by atoms with Crippen molar-refractivity contribution in [3.63, 3.8) is 0 Å². The number of hydrogen-bond acceptors (Lipinski definition) is 5. The summed E-state index contributed by atoms with van der Waals surface area (Å²) in [4.78, 5) is 21.3. The predicted octanol–water partition coefficient (Wildman–Crippen LogP) is 3.66. The maximum absolute atomic E-state index is 12.6. The molecule has 0 saturated carbocycles. The Morgan fingerprint density at radius 1 is 1.25 bits per heavy atom. The summed E-state index contributed by atoms with van der Waals surface area (Å²) in [6.07, 6.45) is 0. The van der Waals surface area contributed by atoms with Crippen LogP contribution in [0.1, 0.15) is 22.4 Å². The third-order valence-electron chi connectivity index (χ3n) is 4.78. The number of nitrogens with zero attached hydrogens (tertiary/aromatic N) is 4. The maximum atomic E-state index is 12.6. The Labute approximate surface area is 175 Å². The number of nitriles is 1. The number of benzene rings is 1. The van der Waals surface area contributed by atoms with E-state index in [0.29, 0.717) is 29.4 Å². The van der Waals surface area contributed by atoms with Crippen LogP contribution in [-0.4, -0.2) is 52.6 Å². The predicted molar refractivity (Wildman–Crippen MR) is 112 cm³/mol. The van der Waals surface area contributed by atoms with Crippen molar-refractivity contribution in [2.75, 3.05) is 31.9 Å². The molecule has 2 heterocycles. The third kappa shape index (κ3) is 5.26. The van der Waals surface area contributed by atoms with Crippen LogP contribution in [-0.2, 0) is 11.3 Å². The lowest BCUT2D eigenvalue weighted by Crippen LogP contribution is -2.48. The average Bonchev–Trinajstić information content (AvgIpc) is 2.66. The first-order valence-electron chi connectivity index (χ1n) is 9.22. The van der Waals surface area contributed by atoms with Gasteiger partial charge in [-0.05, 0) is 43.2 Å². The summed E-state index contributed by atoms with van der Waals surface area (Å²) in [7, 11) is 0. The lowest BCUT2D eigenvalue weighted by molar-refractivity contribution is -0.130. The van der Waals surface area contributed by atoms with E-state index in [1.807, 2.05) is 43.0 Å². The van der Waals surface area contributed by atoms with E-state index in [1.54, 1.807) is 0 Å². The number of carbonyl (C=O) groups excluding carboxylic acids is 1. The van der Waals surface area contributed by atoms with Crippen LogP contribution in [0.3, 0.4) is 0 Å². The number of pyridine rings is 1. The first kappa shape index (κ1) is 20.7. The van der Waals surface area contributed by atoms with E-state index >= 15 is 0 Å². The van der Waals surface area contributed by atoms with Crippen molar-refractivity contribution >= 4 is 29.3 Å². The normalized spacial score (nSPS) is 14.7. The fraction of sp³-hybridized carbons (Fsp3) is 0.381. The van der Waals surface area contributed by atoms with E-state index < -0.39 is 0 Å². The number of halogens is 1. The van der Waals surface area contributed by atoms with Crippen LogP contribution in [0, 0.1) is 25.2 Å². The molecule has 0 radical (unpaired) electrons. The van der Waals surface area contributed by atoms with Crippen molar-refractivity contribution < 1.29 is 4.79 Å². The number of hydrogen-bond donors (Lipinski definition) is 0. The van der Waals surface area contributed by atoms with E-state index in [0.717, 1.165) is 35.9 Å². The van der Waals surface area contributed by atoms with Gasteiger partial charge in [0.25, 0.3) is 0 Å². The summed E-state index contributed by atoms with van der Waals surface area (Å²) in [5.41, 5.74) is 3.52. The molecule has 1 aromatic carbocycles. The summed E-state index contributed by atoms with van der Waals surface area (Å²) in [5.74, 6) is 0.399. The van der Waals surface area contributed by atoms with Gasteiger partial charge in [-0.2, -0.15) is 5.26 Å². The number of aromatic nitrogens is 1. The summed E-state index contributed by atoms with van der Waals surface area (Å²) < 4.78 is 0. The second-order valence-corrected chi connectivity index (χ2v) is 8.35. The second-order valence-electron chi connectivity index (χ2n) is 6.95. The first-order valence-corrected chi connectivity index (χ1v) is 10.6. The molecule has 5 nitrogen and oxygen atoms in total. The van der Waals surface area contributed by atoms with Crippen molar-refractivity contribution in [1.82, 2.24) is 14.8 Å². The first-order chi connectivity index (χ1) is 13.5. The van der Waals surface area contributed by atoms with Gasteiger partial charge in [-0.25, -0.2) is 4.98 Å². The Morgan fingerprint density at radius 2 is 2.00 bits per heavy atom. The van der Waals surface area contributed by atoms with E-state index in [9.17, 15) is 10.1 Å². The molecule has 0 spiro atoms. The topological polar surface area (TPSA) is 60.2 Å². The van der Waals surface area contributed by atoms with Gasteiger partial charge >= 0.3 is 0 Å². The zero-order valence-corrected chi connectivity index (χ0v) is 17.7. The Morgan fingerprint density at radius 3 is 2.68 bits per heavy atom. The fourth-order valence-corrected chi connectivity index (χ4v) is 4.53. The van der Waals surface area contributed by atoms with Crippen molar-refractivity contribution in [1.29, 1.82) is 5.26 Å². The molecule has 1 aliphatic rings. The molecule has 146 valence electrons. The molecule has 7 heteroatoms. The molecule has 1 aromatic heterocycles. The van der Waals surface area contributed by atoms with E-state index in [-0.39, 0.29) is 5.91 Å². The molecule has 0 unspecified atom stereocenters. The number of carbonyl (C=O) groups is 1. The fourth-order valence-electron chi connectivity index (χ4n) is 3.31. The number of amides is 1. The van der Waals surface area contributed by atoms with Crippen LogP contribution in [0.4, 0.5) is 0 Å². The number of thioether (sulfide) groups is 1. The molecule has 0 atom stereocenters. The van der Waals surface area contributed by atoms with Crippen LogP contribution < -0.4 is 0 Å². The van der Waals surface area contributed by atoms with Crippen LogP contribution in [0.25, 0.3) is 0 Å². The highest BCUT2D eigenvalue weighted by Crippen LogP contribution is 2.24. The highest BCUT2D eigenvalue weighted by atomic mass is 35.5. The zero-order chi connectivity index (χ0) is 20.1. The minimum absolute atomic E-state index is 0.0947. The standard InChI is InChI=1S/C21H23ClN4OS/c1-15-10-16(2)24-21(19(15)12-23)28-14-20(27)26-8-6-25(7-9-26)13-17-4-3-5-18(22)11-17/h3-5,10-11H,6-9,13-14H2,1-2H3. The molecular formula is C21H23ClN4OS. The van der Waals surface area contributed by atoms with Gasteiger partial charge in [0.2, 0.25) is 5.91 Å². The van der Waals surface area contributed by atoms with Gasteiger partial charge in [-0.1, -0.05) is 35.5 Å². The SMILES string of the molecule is Cc1cc(C)c(C#N)c(SCC(=O)N2CCN(Cc3cccc(Cl)c3)CC2)n1. The van der Waals surface area contributed by atoms with Crippen LogP contribution in [0.2, 0.25) is 5.02 Å². The van der Waals surface area contributed by atoms with Gasteiger partial charge in [0.15, 0.2) is 0 Å². The molecular weight excluding hydrogens is 392 g/mol. The second kappa shape index (κ2) is 9.42. The van der Waals surface area contributed by atoms with Crippen LogP contribution in [0.5, 0.6) is 0 Å². The van der Waals surface area contributed by atoms with E-state index in [1.165, 1.54) is 17.3 Å². The lowest BCUT2D eigenvalue weighted by Gasteiger charge is -2.34. The quantitative estimate of drug-likeness (QED) is 0.699. The van der Waals surface area contributed by atoms with E-state index in [4.69, 9.17) is 11.6 Å². The highest BCUT2D eigenvalue weighted by molar-refractivity contribution is 8.00. The molecule has 0 N–H and O–H groups in total. The van der Waals surface area contributed by atoms with Gasteiger partial charge in [0.1, 0.15) is 11.1 Å². The molecule has 1 amide bonds. The van der Waals surface area contributed by atoms with Gasteiger partial charge in [0.05, 0.1) is 11.3 Å². The van der Waals surface area contributed by atoms with Gasteiger partial charge < -0.3 is 4.90 Å². The van der Waals surface area contributed by atoms with Gasteiger partial charge in [0, 0.05) is 43.4 Å². The Bertz CT molecular complexity index is 904. The third-order valence-corrected chi connectivity index (χ3v) is 5.97. The molecule has 28 heavy (non-hydrogen) atoms. The molecule has 0 bridgehead atoms. The largest absolute Gasteiger partial charge is 0.339 e. The van der Waals surface area contributed by atoms with Crippen LogP contribution >= 0.6 is 23.4 Å². The Kier molecular flexibility index (Phi) is 6.95. The minimum Gasteiger partial charge on any atom is -0.339 e. The van der Waals surface area contributed by atoms with Crippen molar-refractivity contribution in [3.05, 3.63) is 57.7 Å². The zero-order valence-electron chi connectivity index (χ0n) is 16.1. The number of aryl methyl sites for hydroxylation is 2. The molecule has 1 aliphatic heterocycles. The van der Waals surface area contributed by atoms with Crippen molar-refractivity contribution in [3.8, 4) is 6.07 Å². The van der Waals surface area contributed by atoms with Gasteiger partial charge in [-0.15, -0.1) is 0 Å². The van der Waals surface area contributed by atoms with Crippen LogP contribution in [0.15, 0.2) is 35.4 Å². The average molecular weight is 415 g/mol. The monoisotopic (exact) mass is 414 g/mol. The number of piperazine rings is 1. The Hall–Kier alpha value is -2.07. The smallest absolute Gasteiger partial charge is 0.233 e. The summed E-state index contributed by atoms with van der Waals surface area (Å²) in [6, 6.07) is 12.0. The minimum atomic E-state index is 0.0947. The number of rotatable bonds is 5. The molecule has 3 rings (SSSR count). The molecule has 1 fully saturated rings. The summed E-state index contributed by atoms with van der Waals surface area (Å²) >= 11 is 7.41. The summed E-state index contributed by atoms with van der Waals surface area (Å²) in [6.45, 7) is 7.76. The highest BCUT2D eigenvalue weighted by Gasteiger charge is 2.22. The lowest BCUT2D eigenvalue weighted by atomic mass is 10.1. The molecule has 1 saturated heterocycles. The van der Waals surface area contributed by atoms with Gasteiger partial charge in [-0.3, -0.25) is 9.69 Å². The summed E-state index contributed by atoms with van der Waals surface area (Å²) in [5, 5.41) is 10.8. The van der Waals surface area contributed by atoms with E-state index in [2.05, 4.69) is 22.0 Å². The maximum Gasteiger partial charge on any atom is 0.233 e. The molecule has 2 aromatic rings.